The molecule has 4 nitrogen and oxygen atoms in total. The van der Waals surface area contributed by atoms with Crippen LogP contribution in [0.5, 0.6) is 0 Å². The van der Waals surface area contributed by atoms with E-state index in [-0.39, 0.29) is 6.07 Å². The molecule has 0 spiro atoms. The van der Waals surface area contributed by atoms with Crippen LogP contribution in [0, 0.1) is 23.3 Å². The highest BCUT2D eigenvalue weighted by molar-refractivity contribution is 5.96. The Kier molecular flexibility index (Phi) is 5.23. The summed E-state index contributed by atoms with van der Waals surface area (Å²) in [5.41, 5.74) is -1.33. The number of hydrogen-bond acceptors (Lipinski definition) is 3. The Morgan fingerprint density at radius 2 is 1.65 bits per heavy atom. The van der Waals surface area contributed by atoms with Gasteiger partial charge in [-0.15, -0.1) is 0 Å². The number of carbonyl (C=O) groups excluding carboxylic acids is 2. The molecule has 23 heavy (non-hydrogen) atoms. The molecule has 1 saturated carbocycles. The van der Waals surface area contributed by atoms with E-state index < -0.39 is 53.3 Å². The van der Waals surface area contributed by atoms with Gasteiger partial charge in [0.15, 0.2) is 23.3 Å². The van der Waals surface area contributed by atoms with Crippen molar-refractivity contribution >= 4 is 11.9 Å². The Bertz CT molecular complexity index is 603. The van der Waals surface area contributed by atoms with E-state index in [0.717, 1.165) is 24.9 Å². The van der Waals surface area contributed by atoms with Crippen molar-refractivity contribution in [1.82, 2.24) is 4.90 Å². The quantitative estimate of drug-likeness (QED) is 0.484. The molecule has 1 fully saturated rings. The monoisotopic (exact) mass is 333 g/mol. The van der Waals surface area contributed by atoms with Crippen molar-refractivity contribution in [2.24, 2.45) is 0 Å². The van der Waals surface area contributed by atoms with Gasteiger partial charge in [0.25, 0.3) is 5.91 Å². The number of ether oxygens (including phenoxy) is 1. The molecule has 8 heteroatoms. The summed E-state index contributed by atoms with van der Waals surface area (Å²) in [5, 5.41) is 0. The molecule has 1 aromatic rings. The molecular weight excluding hydrogens is 318 g/mol. The van der Waals surface area contributed by atoms with Gasteiger partial charge >= 0.3 is 5.97 Å². The number of nitrogens with zero attached hydrogens (tertiary/aromatic N) is 1. The van der Waals surface area contributed by atoms with E-state index in [0.29, 0.717) is 12.8 Å². The first kappa shape index (κ1) is 17.2. The van der Waals surface area contributed by atoms with Crippen LogP contribution in [0.3, 0.4) is 0 Å². The molecule has 1 aromatic carbocycles. The van der Waals surface area contributed by atoms with E-state index in [1.165, 1.54) is 0 Å². The number of hydrogen-bond donors (Lipinski definition) is 0. The van der Waals surface area contributed by atoms with Gasteiger partial charge in [0.2, 0.25) is 0 Å². The normalized spacial score (nSPS) is 14.8. The Balaban J connectivity index is 2.43. The number of halogens is 4. The maximum Gasteiger partial charge on any atom is 0.325 e. The third kappa shape index (κ3) is 3.46. The zero-order chi connectivity index (χ0) is 17.1. The van der Waals surface area contributed by atoms with E-state index in [2.05, 4.69) is 4.74 Å². The smallest absolute Gasteiger partial charge is 0.325 e. The minimum atomic E-state index is -1.78. The van der Waals surface area contributed by atoms with E-state index in [1.807, 2.05) is 0 Å². The minimum Gasteiger partial charge on any atom is -0.468 e. The molecule has 126 valence electrons. The third-order valence-electron chi connectivity index (χ3n) is 3.88. The molecule has 1 aliphatic rings. The SMILES string of the molecule is COC(=O)CN(C(=O)c1c(F)c(F)cc(F)c1F)C1CCCC1. The molecule has 1 amide bonds. The van der Waals surface area contributed by atoms with Crippen LogP contribution in [0.4, 0.5) is 17.6 Å². The van der Waals surface area contributed by atoms with Gasteiger partial charge in [-0.2, -0.15) is 0 Å². The van der Waals surface area contributed by atoms with Crippen molar-refractivity contribution in [3.63, 3.8) is 0 Å². The van der Waals surface area contributed by atoms with Crippen molar-refractivity contribution < 1.29 is 31.9 Å². The lowest BCUT2D eigenvalue weighted by Crippen LogP contribution is -2.43. The van der Waals surface area contributed by atoms with Crippen molar-refractivity contribution in [1.29, 1.82) is 0 Å². The molecule has 0 atom stereocenters. The van der Waals surface area contributed by atoms with E-state index >= 15 is 0 Å². The van der Waals surface area contributed by atoms with Crippen LogP contribution in [-0.4, -0.2) is 36.5 Å². The molecule has 0 saturated heterocycles. The summed E-state index contributed by atoms with van der Waals surface area (Å²) in [6.45, 7) is -0.545. The molecule has 2 rings (SSSR count). The Labute approximate surface area is 130 Å². The van der Waals surface area contributed by atoms with Gasteiger partial charge < -0.3 is 9.64 Å². The molecule has 0 bridgehead atoms. The first-order chi connectivity index (χ1) is 10.9. The second-order valence-electron chi connectivity index (χ2n) is 5.29. The Morgan fingerprint density at radius 3 is 2.13 bits per heavy atom. The van der Waals surface area contributed by atoms with Gasteiger partial charge in [0.1, 0.15) is 12.1 Å². The van der Waals surface area contributed by atoms with Gasteiger partial charge in [-0.1, -0.05) is 12.8 Å². The molecule has 0 unspecified atom stereocenters. The predicted molar refractivity (Wildman–Crippen MR) is 71.6 cm³/mol. The number of benzene rings is 1. The Hall–Kier alpha value is -2.12. The summed E-state index contributed by atoms with van der Waals surface area (Å²) in [7, 11) is 1.10. The van der Waals surface area contributed by atoms with Crippen molar-refractivity contribution in [2.75, 3.05) is 13.7 Å². The van der Waals surface area contributed by atoms with Crippen molar-refractivity contribution in [3.05, 3.63) is 34.9 Å². The summed E-state index contributed by atoms with van der Waals surface area (Å²) in [5.74, 6) is -8.95. The average Bonchev–Trinajstić information content (AvgIpc) is 3.04. The maximum absolute atomic E-state index is 13.8. The molecule has 0 radical (unpaired) electrons. The standard InChI is InChI=1S/C15H15F4NO3/c1-23-11(21)7-20(8-4-2-3-5-8)15(22)12-13(18)9(16)6-10(17)14(12)19/h6,8H,2-5,7H2,1H3. The fourth-order valence-corrected chi connectivity index (χ4v) is 2.69. The topological polar surface area (TPSA) is 46.6 Å². The van der Waals surface area contributed by atoms with Crippen LogP contribution in [-0.2, 0) is 9.53 Å². The summed E-state index contributed by atoms with van der Waals surface area (Å²) in [6.07, 6.45) is 2.61. The first-order valence-electron chi connectivity index (χ1n) is 7.07. The number of methoxy groups -OCH3 is 1. The number of rotatable bonds is 4. The molecular formula is C15H15F4NO3. The minimum absolute atomic E-state index is 0.0294. The first-order valence-corrected chi connectivity index (χ1v) is 7.07. The summed E-state index contributed by atoms with van der Waals surface area (Å²) < 4.78 is 58.7. The van der Waals surface area contributed by atoms with Crippen LogP contribution in [0.25, 0.3) is 0 Å². The molecule has 0 N–H and O–H groups in total. The van der Waals surface area contributed by atoms with Gasteiger partial charge in [-0.05, 0) is 12.8 Å². The van der Waals surface area contributed by atoms with E-state index in [1.54, 1.807) is 0 Å². The van der Waals surface area contributed by atoms with Gasteiger partial charge in [-0.25, -0.2) is 17.6 Å². The largest absolute Gasteiger partial charge is 0.468 e. The van der Waals surface area contributed by atoms with E-state index in [9.17, 15) is 27.2 Å². The lowest BCUT2D eigenvalue weighted by Gasteiger charge is -2.28. The van der Waals surface area contributed by atoms with Gasteiger partial charge in [0.05, 0.1) is 7.11 Å². The summed E-state index contributed by atoms with van der Waals surface area (Å²) in [4.78, 5) is 24.8. The predicted octanol–water partition coefficient (Wildman–Crippen LogP) is 2.80. The highest BCUT2D eigenvalue weighted by Gasteiger charge is 2.34. The number of carbonyl (C=O) groups is 2. The van der Waals surface area contributed by atoms with Crippen LogP contribution in [0.1, 0.15) is 36.0 Å². The average molecular weight is 333 g/mol. The van der Waals surface area contributed by atoms with Crippen LogP contribution in [0.15, 0.2) is 6.07 Å². The highest BCUT2D eigenvalue weighted by atomic mass is 19.2. The second-order valence-corrected chi connectivity index (χ2v) is 5.29. The van der Waals surface area contributed by atoms with Gasteiger partial charge in [-0.3, -0.25) is 9.59 Å². The fourth-order valence-electron chi connectivity index (χ4n) is 2.69. The number of amides is 1. The Morgan fingerprint density at radius 1 is 1.13 bits per heavy atom. The van der Waals surface area contributed by atoms with Crippen molar-refractivity contribution in [3.8, 4) is 0 Å². The zero-order valence-electron chi connectivity index (χ0n) is 12.4. The van der Waals surface area contributed by atoms with Crippen molar-refractivity contribution in [2.45, 2.75) is 31.7 Å². The second kappa shape index (κ2) is 6.97. The highest BCUT2D eigenvalue weighted by Crippen LogP contribution is 2.27. The molecule has 0 aromatic heterocycles. The molecule has 0 aliphatic heterocycles. The van der Waals surface area contributed by atoms with Gasteiger partial charge in [0, 0.05) is 12.1 Å². The molecule has 1 aliphatic carbocycles. The van der Waals surface area contributed by atoms with E-state index in [4.69, 9.17) is 0 Å². The number of esters is 1. The summed E-state index contributed by atoms with van der Waals surface area (Å²) in [6, 6.07) is -0.409. The van der Waals surface area contributed by atoms with Crippen LogP contribution in [0.2, 0.25) is 0 Å². The lowest BCUT2D eigenvalue weighted by atomic mass is 10.1. The molecule has 0 heterocycles. The van der Waals surface area contributed by atoms with Crippen LogP contribution >= 0.6 is 0 Å². The zero-order valence-corrected chi connectivity index (χ0v) is 12.4. The third-order valence-corrected chi connectivity index (χ3v) is 3.88. The van der Waals surface area contributed by atoms with Crippen LogP contribution < -0.4 is 0 Å². The lowest BCUT2D eigenvalue weighted by molar-refractivity contribution is -0.141. The fraction of sp³-hybridized carbons (Fsp3) is 0.467. The maximum atomic E-state index is 13.8. The summed E-state index contributed by atoms with van der Waals surface area (Å²) >= 11 is 0.